The van der Waals surface area contributed by atoms with E-state index in [1.807, 2.05) is 0 Å². The molecule has 2 aliphatic rings. The van der Waals surface area contributed by atoms with Crippen LogP contribution in [0.15, 0.2) is 11.6 Å². The van der Waals surface area contributed by atoms with Gasteiger partial charge in [0.25, 0.3) is 0 Å². The van der Waals surface area contributed by atoms with Gasteiger partial charge in [-0.3, -0.25) is 0 Å². The van der Waals surface area contributed by atoms with Gasteiger partial charge in [0.15, 0.2) is 20.4 Å². The Morgan fingerprint density at radius 2 is 1.96 bits per heavy atom. The number of fused-ring (bicyclic) bond motifs is 1. The average Bonchev–Trinajstić information content (AvgIpc) is 2.97. The van der Waals surface area contributed by atoms with E-state index >= 15 is 0 Å². The maximum Gasteiger partial charge on any atom is 0.330 e. The molecule has 2 rings (SSSR count). The van der Waals surface area contributed by atoms with E-state index in [4.69, 9.17) is 23.4 Å². The number of aliphatic hydroxyl groups is 1. The number of hydrogen-bond donors (Lipinski definition) is 1. The van der Waals surface area contributed by atoms with Crippen molar-refractivity contribution in [3.05, 3.63) is 11.6 Å². The van der Waals surface area contributed by atoms with Gasteiger partial charge in [-0.1, -0.05) is 20.8 Å². The van der Waals surface area contributed by atoms with Crippen LogP contribution in [-0.2, 0) is 28.2 Å². The Hall–Kier alpha value is -0.773. The third kappa shape index (κ3) is 5.19. The van der Waals surface area contributed by atoms with Gasteiger partial charge in [-0.05, 0) is 38.9 Å². The van der Waals surface area contributed by atoms with Crippen molar-refractivity contribution in [3.63, 3.8) is 0 Å². The largest absolute Gasteiger partial charge is 0.463 e. The predicted molar refractivity (Wildman–Crippen MR) is 103 cm³/mol. The van der Waals surface area contributed by atoms with Gasteiger partial charge in [0, 0.05) is 11.6 Å². The van der Waals surface area contributed by atoms with Crippen LogP contribution >= 0.6 is 0 Å². The number of carbonyl (C=O) groups is 1. The number of carbonyl (C=O) groups excluding carboxylic acids is 1. The molecular weight excluding hydrogens is 368 g/mol. The predicted octanol–water partition coefficient (Wildman–Crippen LogP) is 2.74. The first-order valence-electron chi connectivity index (χ1n) is 9.49. The standard InChI is InChI=1S/C19H34O7Si/c1-9-22-14(21)10-12-15(24-17-16(12)25-19(5,6)26-17)13(20)11-23-27(7,8)18(2,3)4/h10,13,15-17,20H,9,11H2,1-8H3/b12-10-/t13-,15+,16-,17-/m1/s1. The smallest absolute Gasteiger partial charge is 0.330 e. The SMILES string of the molecule is CCOC(=O)/C=C1\[C@H]2OC(C)(C)O[C@H]2O[C@@H]1[C@H](O)CO[Si](C)(C)C(C)(C)C. The molecule has 0 aromatic rings. The zero-order chi connectivity index (χ0) is 20.6. The Kier molecular flexibility index (Phi) is 6.61. The molecule has 8 heteroatoms. The van der Waals surface area contributed by atoms with Gasteiger partial charge in [0.1, 0.15) is 18.3 Å². The summed E-state index contributed by atoms with van der Waals surface area (Å²) in [6, 6.07) is 0. The number of hydrogen-bond acceptors (Lipinski definition) is 7. The van der Waals surface area contributed by atoms with Crippen LogP contribution in [0.1, 0.15) is 41.5 Å². The molecule has 156 valence electrons. The quantitative estimate of drug-likeness (QED) is 0.415. The van der Waals surface area contributed by atoms with Gasteiger partial charge in [0.2, 0.25) is 0 Å². The van der Waals surface area contributed by atoms with Crippen LogP contribution in [0.5, 0.6) is 0 Å². The molecular formula is C19H34O7Si. The van der Waals surface area contributed by atoms with Crippen molar-refractivity contribution in [2.24, 2.45) is 0 Å². The van der Waals surface area contributed by atoms with Gasteiger partial charge < -0.3 is 28.5 Å². The lowest BCUT2D eigenvalue weighted by Gasteiger charge is -2.37. The number of ether oxygens (including phenoxy) is 4. The molecule has 0 unspecified atom stereocenters. The lowest BCUT2D eigenvalue weighted by atomic mass is 10.0. The Bertz CT molecular complexity index is 579. The molecule has 0 aliphatic carbocycles. The molecule has 0 amide bonds. The van der Waals surface area contributed by atoms with Gasteiger partial charge in [-0.2, -0.15) is 0 Å². The highest BCUT2D eigenvalue weighted by atomic mass is 28.4. The zero-order valence-corrected chi connectivity index (χ0v) is 18.7. The first kappa shape index (κ1) is 22.5. The number of aliphatic hydroxyl groups excluding tert-OH is 1. The van der Waals surface area contributed by atoms with E-state index in [9.17, 15) is 9.90 Å². The first-order chi connectivity index (χ1) is 12.3. The lowest BCUT2D eigenvalue weighted by Crippen LogP contribution is -2.45. The summed E-state index contributed by atoms with van der Waals surface area (Å²) in [6.45, 7) is 16.3. The molecule has 0 spiro atoms. The van der Waals surface area contributed by atoms with Crippen LogP contribution in [0, 0.1) is 0 Å². The van der Waals surface area contributed by atoms with Crippen LogP contribution in [-0.4, -0.2) is 63.0 Å². The summed E-state index contributed by atoms with van der Waals surface area (Å²) < 4.78 is 28.6. The summed E-state index contributed by atoms with van der Waals surface area (Å²) in [4.78, 5) is 12.0. The third-order valence-electron chi connectivity index (χ3n) is 5.34. The molecule has 4 atom stereocenters. The van der Waals surface area contributed by atoms with E-state index in [1.165, 1.54) is 6.08 Å². The highest BCUT2D eigenvalue weighted by molar-refractivity contribution is 6.74. The van der Waals surface area contributed by atoms with E-state index in [0.29, 0.717) is 5.57 Å². The molecule has 2 fully saturated rings. The van der Waals surface area contributed by atoms with Crippen molar-refractivity contribution in [3.8, 4) is 0 Å². The van der Waals surface area contributed by atoms with E-state index in [0.717, 1.165) is 0 Å². The van der Waals surface area contributed by atoms with E-state index < -0.39 is 44.7 Å². The number of esters is 1. The summed E-state index contributed by atoms with van der Waals surface area (Å²) in [5.41, 5.74) is 0.523. The van der Waals surface area contributed by atoms with E-state index in [1.54, 1.807) is 20.8 Å². The summed E-state index contributed by atoms with van der Waals surface area (Å²) in [5, 5.41) is 10.8. The fourth-order valence-electron chi connectivity index (χ4n) is 2.83. The minimum Gasteiger partial charge on any atom is -0.463 e. The number of rotatable bonds is 6. The van der Waals surface area contributed by atoms with Gasteiger partial charge in [-0.25, -0.2) is 4.79 Å². The monoisotopic (exact) mass is 402 g/mol. The van der Waals surface area contributed by atoms with Crippen LogP contribution in [0.25, 0.3) is 0 Å². The average molecular weight is 403 g/mol. The normalized spacial score (nSPS) is 30.4. The first-order valence-corrected chi connectivity index (χ1v) is 12.4. The van der Waals surface area contributed by atoms with Crippen LogP contribution < -0.4 is 0 Å². The van der Waals surface area contributed by atoms with Crippen LogP contribution in [0.3, 0.4) is 0 Å². The van der Waals surface area contributed by atoms with E-state index in [-0.39, 0.29) is 18.3 Å². The third-order valence-corrected chi connectivity index (χ3v) is 9.84. The molecule has 0 bridgehead atoms. The Labute approximate surface area is 163 Å². The van der Waals surface area contributed by atoms with Crippen molar-refractivity contribution in [2.45, 2.75) is 90.1 Å². The van der Waals surface area contributed by atoms with Crippen molar-refractivity contribution >= 4 is 14.3 Å². The van der Waals surface area contributed by atoms with E-state index in [2.05, 4.69) is 33.9 Å². The molecule has 7 nitrogen and oxygen atoms in total. The van der Waals surface area contributed by atoms with Gasteiger partial charge >= 0.3 is 5.97 Å². The molecule has 2 heterocycles. The molecule has 0 radical (unpaired) electrons. The van der Waals surface area contributed by atoms with Gasteiger partial charge in [-0.15, -0.1) is 0 Å². The maximum absolute atomic E-state index is 12.0. The highest BCUT2D eigenvalue weighted by Crippen LogP contribution is 2.42. The topological polar surface area (TPSA) is 83.5 Å². The van der Waals surface area contributed by atoms with Crippen molar-refractivity contribution in [2.75, 3.05) is 13.2 Å². The summed E-state index contributed by atoms with van der Waals surface area (Å²) >= 11 is 0. The molecule has 0 aromatic heterocycles. The maximum atomic E-state index is 12.0. The second kappa shape index (κ2) is 7.92. The van der Waals surface area contributed by atoms with Crippen molar-refractivity contribution in [1.82, 2.24) is 0 Å². The summed E-state index contributed by atoms with van der Waals surface area (Å²) in [6.07, 6.45) is -1.57. The minimum absolute atomic E-state index is 0.0274. The summed E-state index contributed by atoms with van der Waals surface area (Å²) in [5.74, 6) is -1.32. The van der Waals surface area contributed by atoms with Crippen LogP contribution in [0.4, 0.5) is 0 Å². The Balaban J connectivity index is 2.15. The molecule has 2 aliphatic heterocycles. The van der Waals surface area contributed by atoms with Crippen LogP contribution in [0.2, 0.25) is 18.1 Å². The van der Waals surface area contributed by atoms with Crippen molar-refractivity contribution in [1.29, 1.82) is 0 Å². The second-order valence-electron chi connectivity index (χ2n) is 9.02. The second-order valence-corrected chi connectivity index (χ2v) is 13.8. The molecule has 1 N–H and O–H groups in total. The molecule has 0 aromatic carbocycles. The molecule has 2 saturated heterocycles. The minimum atomic E-state index is -2.03. The fourth-order valence-corrected chi connectivity index (χ4v) is 3.86. The lowest BCUT2D eigenvalue weighted by molar-refractivity contribution is -0.209. The van der Waals surface area contributed by atoms with Crippen molar-refractivity contribution < 1.29 is 33.3 Å². The molecule has 27 heavy (non-hydrogen) atoms. The summed E-state index contributed by atoms with van der Waals surface area (Å²) in [7, 11) is -2.03. The van der Waals surface area contributed by atoms with Gasteiger partial charge in [0.05, 0.1) is 13.2 Å². The zero-order valence-electron chi connectivity index (χ0n) is 17.7. The Morgan fingerprint density at radius 1 is 1.33 bits per heavy atom. The highest BCUT2D eigenvalue weighted by Gasteiger charge is 2.53. The molecule has 0 saturated carbocycles. The Morgan fingerprint density at radius 3 is 2.52 bits per heavy atom. The fraction of sp³-hybridized carbons (Fsp3) is 0.842.